The zero-order chi connectivity index (χ0) is 11.6. The Kier molecular flexibility index (Phi) is 3.28. The third kappa shape index (κ3) is 1.98. The average molecular weight is 224 g/mol. The molecule has 1 heterocycles. The molecule has 1 aliphatic rings. The molecule has 1 fully saturated rings. The zero-order valence-corrected chi connectivity index (χ0v) is 9.94. The van der Waals surface area contributed by atoms with Crippen molar-refractivity contribution in [1.82, 2.24) is 15.0 Å². The number of aryl methyl sites for hydroxylation is 1. The van der Waals surface area contributed by atoms with Crippen molar-refractivity contribution >= 4 is 0 Å². The van der Waals surface area contributed by atoms with Gasteiger partial charge in [-0.1, -0.05) is 0 Å². The molecule has 16 heavy (non-hydrogen) atoms. The molecule has 1 aromatic rings. The minimum atomic E-state index is 0.00296. The molecule has 90 valence electrons. The molecule has 1 saturated carbocycles. The maximum atomic E-state index is 5.61. The van der Waals surface area contributed by atoms with Gasteiger partial charge in [0, 0.05) is 33.0 Å². The van der Waals surface area contributed by atoms with Crippen LogP contribution in [0.4, 0.5) is 0 Å². The van der Waals surface area contributed by atoms with Crippen LogP contribution in [0, 0.1) is 0 Å². The largest absolute Gasteiger partial charge is 0.378 e. The predicted octanol–water partition coefficient (Wildman–Crippen LogP) is 0.884. The highest BCUT2D eigenvalue weighted by molar-refractivity contribution is 5.03. The van der Waals surface area contributed by atoms with Crippen LogP contribution in [0.3, 0.4) is 0 Å². The number of ether oxygens (including phenoxy) is 1. The van der Waals surface area contributed by atoms with Gasteiger partial charge in [-0.3, -0.25) is 5.84 Å². The highest BCUT2D eigenvalue weighted by Gasteiger charge is 2.39. The standard InChI is InChI=1S/C11H20N4O/c1-15-7-6-13-10(15)9(14-12)8-11(16-2)4-3-5-11/h6-7,9,14H,3-5,8,12H2,1-2H3. The lowest BCUT2D eigenvalue weighted by Gasteiger charge is -2.42. The molecule has 0 aromatic carbocycles. The summed E-state index contributed by atoms with van der Waals surface area (Å²) in [5.74, 6) is 6.58. The highest BCUT2D eigenvalue weighted by Crippen LogP contribution is 2.41. The van der Waals surface area contributed by atoms with Crippen LogP contribution in [-0.4, -0.2) is 22.3 Å². The van der Waals surface area contributed by atoms with E-state index in [4.69, 9.17) is 10.6 Å². The number of imidazole rings is 1. The van der Waals surface area contributed by atoms with E-state index < -0.39 is 0 Å². The minimum Gasteiger partial charge on any atom is -0.378 e. The Morgan fingerprint density at radius 2 is 2.44 bits per heavy atom. The number of rotatable bonds is 5. The van der Waals surface area contributed by atoms with Gasteiger partial charge in [-0.25, -0.2) is 10.4 Å². The second-order valence-corrected chi connectivity index (χ2v) is 4.56. The van der Waals surface area contributed by atoms with Crippen LogP contribution in [0.2, 0.25) is 0 Å². The van der Waals surface area contributed by atoms with E-state index in [-0.39, 0.29) is 11.6 Å². The van der Waals surface area contributed by atoms with Gasteiger partial charge < -0.3 is 9.30 Å². The molecule has 5 heteroatoms. The van der Waals surface area contributed by atoms with Gasteiger partial charge in [0.05, 0.1) is 11.6 Å². The fourth-order valence-electron chi connectivity index (χ4n) is 2.37. The molecule has 5 nitrogen and oxygen atoms in total. The van der Waals surface area contributed by atoms with Crippen LogP contribution in [0.5, 0.6) is 0 Å². The maximum Gasteiger partial charge on any atom is 0.127 e. The molecule has 0 spiro atoms. The monoisotopic (exact) mass is 224 g/mol. The molecule has 0 saturated heterocycles. The minimum absolute atomic E-state index is 0.00296. The van der Waals surface area contributed by atoms with Crippen molar-refractivity contribution in [2.24, 2.45) is 12.9 Å². The average Bonchev–Trinajstić information content (AvgIpc) is 2.65. The van der Waals surface area contributed by atoms with Gasteiger partial charge in [-0.2, -0.15) is 0 Å². The van der Waals surface area contributed by atoms with Gasteiger partial charge in [0.25, 0.3) is 0 Å². The van der Waals surface area contributed by atoms with Crippen LogP contribution < -0.4 is 11.3 Å². The van der Waals surface area contributed by atoms with E-state index in [1.165, 1.54) is 6.42 Å². The van der Waals surface area contributed by atoms with Crippen LogP contribution in [0.15, 0.2) is 12.4 Å². The molecule has 0 aliphatic heterocycles. The van der Waals surface area contributed by atoms with Gasteiger partial charge in [-0.05, 0) is 19.3 Å². The van der Waals surface area contributed by atoms with Crippen LogP contribution in [0.25, 0.3) is 0 Å². The summed E-state index contributed by atoms with van der Waals surface area (Å²) in [6, 6.07) is 0.0558. The predicted molar refractivity (Wildman–Crippen MR) is 61.5 cm³/mol. The molecule has 1 aromatic heterocycles. The van der Waals surface area contributed by atoms with Crippen molar-refractivity contribution in [3.63, 3.8) is 0 Å². The second-order valence-electron chi connectivity index (χ2n) is 4.56. The van der Waals surface area contributed by atoms with E-state index in [0.717, 1.165) is 25.1 Å². The lowest BCUT2D eigenvalue weighted by Crippen LogP contribution is -2.44. The summed E-state index contributed by atoms with van der Waals surface area (Å²) in [6.07, 6.45) is 8.08. The molecule has 0 amide bonds. The summed E-state index contributed by atoms with van der Waals surface area (Å²) >= 11 is 0. The number of hydrogen-bond acceptors (Lipinski definition) is 4. The second kappa shape index (κ2) is 4.53. The number of hydrogen-bond donors (Lipinski definition) is 2. The van der Waals surface area contributed by atoms with Gasteiger partial charge in [0.2, 0.25) is 0 Å². The van der Waals surface area contributed by atoms with Crippen molar-refractivity contribution < 1.29 is 4.74 Å². The number of methoxy groups -OCH3 is 1. The number of nitrogens with two attached hydrogens (primary N) is 1. The molecule has 2 rings (SSSR count). The SMILES string of the molecule is COC1(CC(NN)c2nccn2C)CCC1. The number of nitrogens with one attached hydrogen (secondary N) is 1. The maximum absolute atomic E-state index is 5.61. The molecule has 1 aliphatic carbocycles. The fourth-order valence-corrected chi connectivity index (χ4v) is 2.37. The normalized spacial score (nSPS) is 20.4. The van der Waals surface area contributed by atoms with Crippen molar-refractivity contribution in [3.05, 3.63) is 18.2 Å². The number of hydrazine groups is 1. The summed E-state index contributed by atoms with van der Waals surface area (Å²) in [7, 11) is 3.76. The van der Waals surface area contributed by atoms with Gasteiger partial charge in [0.15, 0.2) is 0 Å². The third-order valence-corrected chi connectivity index (χ3v) is 3.65. The number of aromatic nitrogens is 2. The Hall–Kier alpha value is -0.910. The van der Waals surface area contributed by atoms with Crippen LogP contribution >= 0.6 is 0 Å². The van der Waals surface area contributed by atoms with Crippen molar-refractivity contribution in [2.45, 2.75) is 37.3 Å². The van der Waals surface area contributed by atoms with Gasteiger partial charge in [0.1, 0.15) is 5.82 Å². The summed E-state index contributed by atoms with van der Waals surface area (Å²) in [4.78, 5) is 4.33. The third-order valence-electron chi connectivity index (χ3n) is 3.65. The molecule has 0 bridgehead atoms. The van der Waals surface area contributed by atoms with E-state index in [1.54, 1.807) is 13.3 Å². The smallest absolute Gasteiger partial charge is 0.127 e. The van der Waals surface area contributed by atoms with Crippen LogP contribution in [0.1, 0.15) is 37.5 Å². The topological polar surface area (TPSA) is 65.1 Å². The Labute approximate surface area is 96.0 Å². The van der Waals surface area contributed by atoms with Crippen molar-refractivity contribution in [3.8, 4) is 0 Å². The summed E-state index contributed by atoms with van der Waals surface area (Å²) in [5, 5.41) is 0. The molecule has 1 unspecified atom stereocenters. The highest BCUT2D eigenvalue weighted by atomic mass is 16.5. The first-order chi connectivity index (χ1) is 7.71. The summed E-state index contributed by atoms with van der Waals surface area (Å²) < 4.78 is 7.60. The molecule has 0 radical (unpaired) electrons. The molecular formula is C11H20N4O. The fraction of sp³-hybridized carbons (Fsp3) is 0.727. The number of nitrogens with zero attached hydrogens (tertiary/aromatic N) is 2. The Morgan fingerprint density at radius 1 is 1.69 bits per heavy atom. The lowest BCUT2D eigenvalue weighted by atomic mass is 9.75. The zero-order valence-electron chi connectivity index (χ0n) is 9.94. The van der Waals surface area contributed by atoms with E-state index in [9.17, 15) is 0 Å². The molecular weight excluding hydrogens is 204 g/mol. The van der Waals surface area contributed by atoms with Crippen LogP contribution in [-0.2, 0) is 11.8 Å². The lowest BCUT2D eigenvalue weighted by molar-refractivity contribution is -0.0844. The van der Waals surface area contributed by atoms with Crippen molar-refractivity contribution in [2.75, 3.05) is 7.11 Å². The first kappa shape index (κ1) is 11.6. The Morgan fingerprint density at radius 3 is 2.81 bits per heavy atom. The van der Waals surface area contributed by atoms with Gasteiger partial charge in [-0.15, -0.1) is 0 Å². The quantitative estimate of drug-likeness (QED) is 0.575. The first-order valence-corrected chi connectivity index (χ1v) is 5.69. The van der Waals surface area contributed by atoms with E-state index >= 15 is 0 Å². The Bertz CT molecular complexity index is 340. The summed E-state index contributed by atoms with van der Waals surface area (Å²) in [5.41, 5.74) is 2.84. The Balaban J connectivity index is 2.09. The molecule has 1 atom stereocenters. The first-order valence-electron chi connectivity index (χ1n) is 5.69. The summed E-state index contributed by atoms with van der Waals surface area (Å²) in [6.45, 7) is 0. The van der Waals surface area contributed by atoms with Gasteiger partial charge >= 0.3 is 0 Å². The van der Waals surface area contributed by atoms with Crippen molar-refractivity contribution in [1.29, 1.82) is 0 Å². The van der Waals surface area contributed by atoms with E-state index in [0.29, 0.717) is 0 Å². The molecule has 3 N–H and O–H groups in total. The van der Waals surface area contributed by atoms with E-state index in [1.807, 2.05) is 17.8 Å². The van der Waals surface area contributed by atoms with E-state index in [2.05, 4.69) is 10.4 Å².